The van der Waals surface area contributed by atoms with E-state index in [1.807, 2.05) is 77.7 Å². The van der Waals surface area contributed by atoms with E-state index in [2.05, 4.69) is 0 Å². The van der Waals surface area contributed by atoms with Gasteiger partial charge in [0.1, 0.15) is 11.5 Å². The van der Waals surface area contributed by atoms with Crippen molar-refractivity contribution >= 4 is 24.3 Å². The van der Waals surface area contributed by atoms with Gasteiger partial charge in [0, 0.05) is 16.8 Å². The summed E-state index contributed by atoms with van der Waals surface area (Å²) in [5.74, 6) is -0.435. The number of fused-ring (bicyclic) bond motifs is 4. The van der Waals surface area contributed by atoms with E-state index in [1.54, 1.807) is 12.1 Å². The Hall–Kier alpha value is -4.02. The third kappa shape index (κ3) is 3.11. The van der Waals surface area contributed by atoms with Crippen LogP contribution in [0, 0.1) is 0 Å². The molecule has 7 heteroatoms. The molecule has 168 valence electrons. The van der Waals surface area contributed by atoms with Crippen molar-refractivity contribution in [2.24, 2.45) is 0 Å². The van der Waals surface area contributed by atoms with Crippen molar-refractivity contribution in [1.29, 1.82) is 0 Å². The van der Waals surface area contributed by atoms with Crippen LogP contribution in [0.4, 0.5) is 5.69 Å². The smallest absolute Gasteiger partial charge is 0.335 e. The van der Waals surface area contributed by atoms with E-state index in [0.717, 1.165) is 16.7 Å². The Morgan fingerprint density at radius 3 is 2.24 bits per heavy atom. The zero-order valence-electron chi connectivity index (χ0n) is 18.0. The molecule has 0 spiro atoms. The Morgan fingerprint density at radius 1 is 0.824 bits per heavy atom. The minimum Gasteiger partial charge on any atom is -0.478 e. The van der Waals surface area contributed by atoms with E-state index < -0.39 is 19.1 Å². The number of carboxylic acid groups (broad SMARTS) is 1. The molecule has 0 fully saturated rings. The van der Waals surface area contributed by atoms with Gasteiger partial charge in [-0.15, -0.1) is 0 Å². The summed E-state index contributed by atoms with van der Waals surface area (Å²) < 4.78 is 27.5. The molecule has 0 saturated heterocycles. The molecule has 0 bridgehead atoms. The predicted octanol–water partition coefficient (Wildman–Crippen LogP) is 5.90. The van der Waals surface area contributed by atoms with Crippen LogP contribution >= 0.6 is 7.37 Å². The molecule has 0 saturated carbocycles. The molecule has 1 N–H and O–H groups in total. The lowest BCUT2D eigenvalue weighted by atomic mass is 10.0. The quantitative estimate of drug-likeness (QED) is 0.377. The van der Waals surface area contributed by atoms with Gasteiger partial charge in [-0.05, 0) is 48.0 Å². The number of para-hydroxylation sites is 2. The highest BCUT2D eigenvalue weighted by Gasteiger charge is 2.49. The van der Waals surface area contributed by atoms with Crippen LogP contribution in [-0.4, -0.2) is 17.8 Å². The maximum absolute atomic E-state index is 15.1. The van der Waals surface area contributed by atoms with Gasteiger partial charge >= 0.3 is 13.3 Å². The summed E-state index contributed by atoms with van der Waals surface area (Å²) in [7, 11) is -3.57. The summed E-state index contributed by atoms with van der Waals surface area (Å²) in [6, 6.07) is 29.3. The number of hydrogen-bond acceptors (Lipinski definition) is 5. The zero-order chi connectivity index (χ0) is 23.3. The topological polar surface area (TPSA) is 76.1 Å². The average molecular weight is 469 g/mol. The van der Waals surface area contributed by atoms with Crippen LogP contribution < -0.4 is 19.5 Å². The average Bonchev–Trinajstić information content (AvgIpc) is 2.88. The van der Waals surface area contributed by atoms with Gasteiger partial charge < -0.3 is 19.3 Å². The number of nitrogens with zero attached hydrogens (tertiary/aromatic N) is 1. The van der Waals surface area contributed by atoms with Gasteiger partial charge in [0.25, 0.3) is 0 Å². The number of ether oxygens (including phenoxy) is 1. The minimum absolute atomic E-state index is 0.144. The van der Waals surface area contributed by atoms with Gasteiger partial charge in [-0.2, -0.15) is 0 Å². The number of aromatic carboxylic acids is 1. The van der Waals surface area contributed by atoms with Crippen molar-refractivity contribution in [3.63, 3.8) is 0 Å². The predicted molar refractivity (Wildman–Crippen MR) is 130 cm³/mol. The summed E-state index contributed by atoms with van der Waals surface area (Å²) in [4.78, 5) is 13.3. The van der Waals surface area contributed by atoms with Crippen molar-refractivity contribution in [3.8, 4) is 22.6 Å². The van der Waals surface area contributed by atoms with Crippen molar-refractivity contribution in [1.82, 2.24) is 0 Å². The molecular weight excluding hydrogens is 449 g/mol. The largest absolute Gasteiger partial charge is 0.478 e. The van der Waals surface area contributed by atoms with Gasteiger partial charge in [0.15, 0.2) is 12.5 Å². The van der Waals surface area contributed by atoms with E-state index in [0.29, 0.717) is 22.5 Å². The maximum Gasteiger partial charge on any atom is 0.335 e. The molecule has 34 heavy (non-hydrogen) atoms. The molecular formula is C27H20NO5P. The number of hydrogen-bond donors (Lipinski definition) is 1. The van der Waals surface area contributed by atoms with Crippen LogP contribution in [0.3, 0.4) is 0 Å². The Bertz CT molecular complexity index is 1470. The van der Waals surface area contributed by atoms with Crippen molar-refractivity contribution < 1.29 is 23.7 Å². The first kappa shape index (κ1) is 20.6. The maximum atomic E-state index is 15.1. The summed E-state index contributed by atoms with van der Waals surface area (Å²) in [6.45, 7) is 0.144. The summed E-state index contributed by atoms with van der Waals surface area (Å²) in [6.07, 6.45) is 0. The van der Waals surface area contributed by atoms with Crippen molar-refractivity contribution in [3.05, 3.63) is 108 Å². The van der Waals surface area contributed by atoms with E-state index in [4.69, 9.17) is 9.26 Å². The van der Waals surface area contributed by atoms with Gasteiger partial charge in [0.05, 0.1) is 10.9 Å². The summed E-state index contributed by atoms with van der Waals surface area (Å²) >= 11 is 0. The third-order valence-electron chi connectivity index (χ3n) is 6.27. The second kappa shape index (κ2) is 7.79. The van der Waals surface area contributed by atoms with Crippen LogP contribution in [0.5, 0.6) is 11.5 Å². The Kier molecular flexibility index (Phi) is 4.71. The second-order valence-electron chi connectivity index (χ2n) is 8.21. The number of carboxylic acids is 1. The normalized spacial score (nSPS) is 20.2. The van der Waals surface area contributed by atoms with Crippen LogP contribution in [0.1, 0.15) is 21.7 Å². The third-order valence-corrected chi connectivity index (χ3v) is 9.00. The molecule has 6 nitrogen and oxygen atoms in total. The van der Waals surface area contributed by atoms with Gasteiger partial charge in [-0.1, -0.05) is 54.6 Å². The lowest BCUT2D eigenvalue weighted by Gasteiger charge is -2.43. The molecule has 2 aliphatic rings. The lowest BCUT2D eigenvalue weighted by molar-refractivity contribution is 0.0697. The Labute approximate surface area is 196 Å². The molecule has 0 radical (unpaired) electrons. The van der Waals surface area contributed by atoms with Crippen LogP contribution in [0.2, 0.25) is 0 Å². The number of carbonyl (C=O) groups is 1. The fraction of sp³-hybridized carbons (Fsp3) is 0.0741. The Morgan fingerprint density at radius 2 is 1.47 bits per heavy atom. The highest BCUT2D eigenvalue weighted by Crippen LogP contribution is 2.66. The number of rotatable bonds is 3. The SMILES string of the molecule is O=C(O)c1ccc(N2COc3ccccc3C2P2(=O)Oc3ccccc3-c3ccccc32)cc1. The molecule has 2 unspecified atom stereocenters. The first-order valence-electron chi connectivity index (χ1n) is 10.9. The fourth-order valence-electron chi connectivity index (χ4n) is 4.70. The fourth-order valence-corrected chi connectivity index (χ4v) is 7.58. The molecule has 2 atom stereocenters. The van der Waals surface area contributed by atoms with Gasteiger partial charge in [-0.3, -0.25) is 4.57 Å². The molecule has 2 heterocycles. The molecule has 6 rings (SSSR count). The van der Waals surface area contributed by atoms with Gasteiger partial charge in [0.2, 0.25) is 0 Å². The van der Waals surface area contributed by atoms with Crippen molar-refractivity contribution in [2.75, 3.05) is 11.6 Å². The van der Waals surface area contributed by atoms with Crippen LogP contribution in [0.15, 0.2) is 97.1 Å². The van der Waals surface area contributed by atoms with E-state index in [-0.39, 0.29) is 12.3 Å². The molecule has 4 aromatic rings. The first-order chi connectivity index (χ1) is 16.6. The Balaban J connectivity index is 1.57. The van der Waals surface area contributed by atoms with E-state index >= 15 is 4.57 Å². The second-order valence-corrected chi connectivity index (χ2v) is 10.6. The number of benzene rings is 4. The molecule has 0 aliphatic carbocycles. The number of anilines is 1. The summed E-state index contributed by atoms with van der Waals surface area (Å²) in [5, 5.41) is 9.97. The first-order valence-corrected chi connectivity index (χ1v) is 12.6. The molecule has 4 aromatic carbocycles. The standard InChI is InChI=1S/C27H20NO5P/c29-27(30)18-13-15-19(16-14-18)28-17-32-23-10-4-2-9-22(23)26(28)34(31)25-12-6-3-8-21(25)20-7-1-5-11-24(20)33-34/h1-16,26H,17H2,(H,29,30). The zero-order valence-corrected chi connectivity index (χ0v) is 18.9. The monoisotopic (exact) mass is 469 g/mol. The van der Waals surface area contributed by atoms with Crippen LogP contribution in [-0.2, 0) is 4.57 Å². The summed E-state index contributed by atoms with van der Waals surface area (Å²) in [5.41, 5.74) is 3.42. The highest BCUT2D eigenvalue weighted by molar-refractivity contribution is 7.68. The lowest BCUT2D eigenvalue weighted by Crippen LogP contribution is -2.40. The molecule has 2 aliphatic heterocycles. The van der Waals surface area contributed by atoms with Crippen molar-refractivity contribution in [2.45, 2.75) is 5.78 Å². The minimum atomic E-state index is -3.57. The molecule has 0 aromatic heterocycles. The van der Waals surface area contributed by atoms with E-state index in [1.165, 1.54) is 12.1 Å². The van der Waals surface area contributed by atoms with Crippen LogP contribution in [0.25, 0.3) is 11.1 Å². The highest BCUT2D eigenvalue weighted by atomic mass is 31.2. The van der Waals surface area contributed by atoms with Gasteiger partial charge in [-0.25, -0.2) is 4.79 Å². The molecule has 0 amide bonds. The van der Waals surface area contributed by atoms with E-state index in [9.17, 15) is 9.90 Å².